The zero-order chi connectivity index (χ0) is 11.8. The van der Waals surface area contributed by atoms with Crippen molar-refractivity contribution in [2.24, 2.45) is 5.73 Å². The Hall–Kier alpha value is -1.79. The predicted octanol–water partition coefficient (Wildman–Crippen LogP) is 1.40. The molecule has 3 N–H and O–H groups in total. The van der Waals surface area contributed by atoms with Crippen LogP contribution in [-0.2, 0) is 11.2 Å². The summed E-state index contributed by atoms with van der Waals surface area (Å²) in [5, 5.41) is 8.63. The van der Waals surface area contributed by atoms with E-state index in [0.29, 0.717) is 19.4 Å². The second-order valence-electron chi connectivity index (χ2n) is 3.39. The SMILES string of the molecule is NCCC#Cc1ccccc1CCC(=O)O. The van der Waals surface area contributed by atoms with E-state index in [4.69, 9.17) is 10.8 Å². The van der Waals surface area contributed by atoms with Crippen molar-refractivity contribution < 1.29 is 9.90 Å². The van der Waals surface area contributed by atoms with Crippen molar-refractivity contribution in [1.29, 1.82) is 0 Å². The summed E-state index contributed by atoms with van der Waals surface area (Å²) in [6.07, 6.45) is 1.31. The fourth-order valence-corrected chi connectivity index (χ4v) is 1.33. The number of rotatable bonds is 4. The Morgan fingerprint density at radius 1 is 1.38 bits per heavy atom. The van der Waals surface area contributed by atoms with E-state index in [1.54, 1.807) is 0 Å². The van der Waals surface area contributed by atoms with Crippen LogP contribution in [0.15, 0.2) is 24.3 Å². The molecular weight excluding hydrogens is 202 g/mol. The lowest BCUT2D eigenvalue weighted by atomic mass is 10.0. The maximum Gasteiger partial charge on any atom is 0.303 e. The van der Waals surface area contributed by atoms with Crippen molar-refractivity contribution in [2.45, 2.75) is 19.3 Å². The first-order chi connectivity index (χ1) is 7.74. The summed E-state index contributed by atoms with van der Waals surface area (Å²) in [6, 6.07) is 7.61. The smallest absolute Gasteiger partial charge is 0.303 e. The molecule has 0 saturated heterocycles. The van der Waals surface area contributed by atoms with Crippen molar-refractivity contribution in [1.82, 2.24) is 0 Å². The molecule has 1 aromatic rings. The van der Waals surface area contributed by atoms with E-state index in [2.05, 4.69) is 11.8 Å². The van der Waals surface area contributed by atoms with Crippen LogP contribution in [0.2, 0.25) is 0 Å². The number of aryl methyl sites for hydroxylation is 1. The lowest BCUT2D eigenvalue weighted by Crippen LogP contribution is -1.99. The molecule has 3 nitrogen and oxygen atoms in total. The Morgan fingerprint density at radius 2 is 2.12 bits per heavy atom. The van der Waals surface area contributed by atoms with Crippen molar-refractivity contribution >= 4 is 5.97 Å². The molecule has 1 aromatic carbocycles. The number of carboxylic acid groups (broad SMARTS) is 1. The molecule has 0 aliphatic heterocycles. The van der Waals surface area contributed by atoms with Crippen molar-refractivity contribution in [3.8, 4) is 11.8 Å². The molecular formula is C13H15NO2. The minimum atomic E-state index is -0.787. The van der Waals surface area contributed by atoms with Crippen LogP contribution in [0.3, 0.4) is 0 Å². The van der Waals surface area contributed by atoms with Gasteiger partial charge >= 0.3 is 5.97 Å². The summed E-state index contributed by atoms with van der Waals surface area (Å²) in [5.41, 5.74) is 7.23. The molecule has 3 heteroatoms. The summed E-state index contributed by atoms with van der Waals surface area (Å²) in [6.45, 7) is 0.546. The highest BCUT2D eigenvalue weighted by Gasteiger charge is 2.02. The molecule has 1 rings (SSSR count). The van der Waals surface area contributed by atoms with E-state index < -0.39 is 5.97 Å². The lowest BCUT2D eigenvalue weighted by molar-refractivity contribution is -0.136. The van der Waals surface area contributed by atoms with Crippen LogP contribution in [0.25, 0.3) is 0 Å². The van der Waals surface area contributed by atoms with Crippen LogP contribution < -0.4 is 5.73 Å². The topological polar surface area (TPSA) is 63.3 Å². The Balaban J connectivity index is 2.76. The van der Waals surface area contributed by atoms with Crippen LogP contribution in [0, 0.1) is 11.8 Å². The first-order valence-corrected chi connectivity index (χ1v) is 5.22. The zero-order valence-corrected chi connectivity index (χ0v) is 9.07. The molecule has 0 spiro atoms. The number of hydrogen-bond donors (Lipinski definition) is 2. The predicted molar refractivity (Wildman–Crippen MR) is 62.9 cm³/mol. The lowest BCUT2D eigenvalue weighted by Gasteiger charge is -2.01. The van der Waals surface area contributed by atoms with Crippen LogP contribution in [0.4, 0.5) is 0 Å². The van der Waals surface area contributed by atoms with Gasteiger partial charge in [0.2, 0.25) is 0 Å². The van der Waals surface area contributed by atoms with Crippen LogP contribution >= 0.6 is 0 Å². The van der Waals surface area contributed by atoms with Crippen LogP contribution in [0.1, 0.15) is 24.0 Å². The van der Waals surface area contributed by atoms with Gasteiger partial charge < -0.3 is 10.8 Å². The molecule has 0 saturated carbocycles. The Bertz CT molecular complexity index is 415. The summed E-state index contributed by atoms with van der Waals surface area (Å²) < 4.78 is 0. The van der Waals surface area contributed by atoms with E-state index in [9.17, 15) is 4.79 Å². The second kappa shape index (κ2) is 6.65. The van der Waals surface area contributed by atoms with E-state index >= 15 is 0 Å². The van der Waals surface area contributed by atoms with Gasteiger partial charge in [-0.3, -0.25) is 4.79 Å². The third-order valence-corrected chi connectivity index (χ3v) is 2.12. The molecule has 0 aliphatic rings. The molecule has 0 atom stereocenters. The fourth-order valence-electron chi connectivity index (χ4n) is 1.33. The molecule has 0 unspecified atom stereocenters. The second-order valence-corrected chi connectivity index (χ2v) is 3.39. The summed E-state index contributed by atoms with van der Waals surface area (Å²) in [4.78, 5) is 10.5. The quantitative estimate of drug-likeness (QED) is 0.749. The first-order valence-electron chi connectivity index (χ1n) is 5.22. The molecule has 0 heterocycles. The number of carboxylic acids is 1. The third kappa shape index (κ3) is 4.16. The molecule has 0 radical (unpaired) electrons. The van der Waals surface area contributed by atoms with Crippen LogP contribution in [-0.4, -0.2) is 17.6 Å². The Kier molecular flexibility index (Phi) is 5.10. The maximum absolute atomic E-state index is 10.5. The van der Waals surface area contributed by atoms with Gasteiger partial charge in [-0.25, -0.2) is 0 Å². The molecule has 0 aliphatic carbocycles. The standard InChI is InChI=1S/C13H15NO2/c14-10-4-3-7-11-5-1-2-6-12(11)8-9-13(15)16/h1-2,5-6H,4,8-10,14H2,(H,15,16). The van der Waals surface area contributed by atoms with Gasteiger partial charge in [-0.1, -0.05) is 30.0 Å². The Morgan fingerprint density at radius 3 is 2.81 bits per heavy atom. The number of aliphatic carboxylic acids is 1. The van der Waals surface area contributed by atoms with Crippen molar-refractivity contribution in [3.63, 3.8) is 0 Å². The van der Waals surface area contributed by atoms with Gasteiger partial charge in [0.25, 0.3) is 0 Å². The fraction of sp³-hybridized carbons (Fsp3) is 0.308. The van der Waals surface area contributed by atoms with Gasteiger partial charge in [-0.15, -0.1) is 0 Å². The summed E-state index contributed by atoms with van der Waals surface area (Å²) in [5.74, 6) is 5.18. The highest BCUT2D eigenvalue weighted by atomic mass is 16.4. The van der Waals surface area contributed by atoms with E-state index in [1.165, 1.54) is 0 Å². The zero-order valence-electron chi connectivity index (χ0n) is 9.07. The number of carbonyl (C=O) groups is 1. The van der Waals surface area contributed by atoms with E-state index in [-0.39, 0.29) is 6.42 Å². The highest BCUT2D eigenvalue weighted by molar-refractivity contribution is 5.67. The molecule has 0 fully saturated rings. The average molecular weight is 217 g/mol. The van der Waals surface area contributed by atoms with Gasteiger partial charge in [0.1, 0.15) is 0 Å². The van der Waals surface area contributed by atoms with Crippen LogP contribution in [0.5, 0.6) is 0 Å². The average Bonchev–Trinajstić information content (AvgIpc) is 2.28. The van der Waals surface area contributed by atoms with E-state index in [1.807, 2.05) is 24.3 Å². The first kappa shape index (κ1) is 12.3. The molecule has 84 valence electrons. The largest absolute Gasteiger partial charge is 0.481 e. The number of hydrogen-bond acceptors (Lipinski definition) is 2. The van der Waals surface area contributed by atoms with Gasteiger partial charge in [0.05, 0.1) is 0 Å². The van der Waals surface area contributed by atoms with Gasteiger partial charge in [0.15, 0.2) is 0 Å². The molecule has 0 amide bonds. The van der Waals surface area contributed by atoms with Gasteiger partial charge in [-0.05, 0) is 18.1 Å². The van der Waals surface area contributed by atoms with Gasteiger partial charge in [-0.2, -0.15) is 0 Å². The van der Waals surface area contributed by atoms with E-state index in [0.717, 1.165) is 11.1 Å². The summed E-state index contributed by atoms with van der Waals surface area (Å²) >= 11 is 0. The Labute approximate surface area is 95.3 Å². The monoisotopic (exact) mass is 217 g/mol. The number of nitrogens with two attached hydrogens (primary N) is 1. The van der Waals surface area contributed by atoms with Crippen molar-refractivity contribution in [3.05, 3.63) is 35.4 Å². The van der Waals surface area contributed by atoms with Gasteiger partial charge in [0, 0.05) is 24.9 Å². The molecule has 16 heavy (non-hydrogen) atoms. The normalized spacial score (nSPS) is 9.31. The minimum absolute atomic E-state index is 0.135. The highest BCUT2D eigenvalue weighted by Crippen LogP contribution is 2.09. The minimum Gasteiger partial charge on any atom is -0.481 e. The maximum atomic E-state index is 10.5. The molecule has 0 aromatic heterocycles. The molecule has 0 bridgehead atoms. The van der Waals surface area contributed by atoms with Crippen molar-refractivity contribution in [2.75, 3.05) is 6.54 Å². The number of benzene rings is 1. The third-order valence-electron chi connectivity index (χ3n) is 2.12. The summed E-state index contributed by atoms with van der Waals surface area (Å²) in [7, 11) is 0.